The molecule has 0 bridgehead atoms. The number of hydrogen-bond donors (Lipinski definition) is 0. The summed E-state index contributed by atoms with van der Waals surface area (Å²) in [6.07, 6.45) is 4.95. The molecule has 12 aromatic rings. The Balaban J connectivity index is 0.000000185. The Morgan fingerprint density at radius 2 is 1.32 bits per heavy atom. The Hall–Kier alpha value is -6.97. The molecule has 0 aliphatic carbocycles. The first-order chi connectivity index (χ1) is 35.7. The number of nitrogens with zero attached hydrogens (tertiary/aromatic N) is 5. The number of pyridine rings is 3. The van der Waals surface area contributed by atoms with E-state index in [1.165, 1.54) is 32.2 Å². The van der Waals surface area contributed by atoms with E-state index in [0.29, 0.717) is 11.6 Å². The molecule has 0 atom stereocenters. The van der Waals surface area contributed by atoms with Crippen molar-refractivity contribution in [1.82, 2.24) is 24.5 Å². The van der Waals surface area contributed by atoms with Crippen molar-refractivity contribution in [3.8, 4) is 50.6 Å². The van der Waals surface area contributed by atoms with Gasteiger partial charge in [0, 0.05) is 42.6 Å². The third-order valence-electron chi connectivity index (χ3n) is 14.0. The predicted octanol–water partition coefficient (Wildman–Crippen LogP) is 17.3. The molecule has 6 heterocycles. The summed E-state index contributed by atoms with van der Waals surface area (Å²) in [5.74, 6) is 9.06. The molecule has 0 amide bonds. The van der Waals surface area contributed by atoms with E-state index in [2.05, 4.69) is 191 Å². The molecule has 6 aromatic carbocycles. The predicted molar refractivity (Wildman–Crippen MR) is 309 cm³/mol. The van der Waals surface area contributed by atoms with Crippen molar-refractivity contribution in [3.05, 3.63) is 193 Å². The van der Waals surface area contributed by atoms with Crippen LogP contribution < -0.4 is 4.40 Å². The molecule has 0 saturated heterocycles. The minimum absolute atomic E-state index is 0. The van der Waals surface area contributed by atoms with Gasteiger partial charge >= 0.3 is 174 Å². The van der Waals surface area contributed by atoms with E-state index in [0.717, 1.165) is 101 Å². The summed E-state index contributed by atoms with van der Waals surface area (Å²) >= 11 is -2.18. The fourth-order valence-electron chi connectivity index (χ4n) is 10.4. The summed E-state index contributed by atoms with van der Waals surface area (Å²) in [5.41, 5.74) is 18.4. The second-order valence-corrected chi connectivity index (χ2v) is 32.2. The van der Waals surface area contributed by atoms with Gasteiger partial charge in [-0.3, -0.25) is 9.97 Å². The van der Waals surface area contributed by atoms with Crippen molar-refractivity contribution in [2.75, 3.05) is 0 Å². The molecule has 0 spiro atoms. The van der Waals surface area contributed by atoms with Crippen LogP contribution in [-0.2, 0) is 26.5 Å². The first-order valence-corrected chi connectivity index (χ1v) is 33.3. The van der Waals surface area contributed by atoms with Crippen LogP contribution in [0.3, 0.4) is 0 Å². The van der Waals surface area contributed by atoms with Crippen molar-refractivity contribution in [2.24, 2.45) is 5.92 Å². The van der Waals surface area contributed by atoms with Crippen LogP contribution in [0.5, 0.6) is 0 Å². The number of furan rings is 2. The SMILES string of the molecule is Cc1cc2nc(-c3[c-]ccc4c3oc3nc(CC(C)C)ccc34)n(-c3c(C(C)C)cc(-c4ccccc4)cc3C(C)C)c2cn1.[CH3][Ge]([CH3])([CH3])[c]1cnc(-c2[c-]cccc2)cc1-c1cccc2c1oc1ccccc12.[Ir]. The van der Waals surface area contributed by atoms with Crippen LogP contribution in [0.15, 0.2) is 167 Å². The fourth-order valence-corrected chi connectivity index (χ4v) is 13.5. The number of aryl methyl sites for hydroxylation is 1. The van der Waals surface area contributed by atoms with Gasteiger partial charge in [0.15, 0.2) is 0 Å². The molecule has 1 radical (unpaired) electrons. The number of benzene rings is 6. The van der Waals surface area contributed by atoms with Crippen molar-refractivity contribution in [3.63, 3.8) is 0 Å². The normalized spacial score (nSPS) is 11.9. The number of para-hydroxylation sites is 2. The van der Waals surface area contributed by atoms with Crippen LogP contribution >= 0.6 is 0 Å². The number of aromatic nitrogens is 5. The van der Waals surface area contributed by atoms with Gasteiger partial charge in [0.25, 0.3) is 0 Å². The molecule has 0 aliphatic heterocycles. The third-order valence-corrected chi connectivity index (χ3v) is 18.2. The van der Waals surface area contributed by atoms with E-state index in [9.17, 15) is 0 Å². The van der Waals surface area contributed by atoms with Gasteiger partial charge in [0.05, 0.1) is 28.6 Å². The van der Waals surface area contributed by atoms with E-state index >= 15 is 0 Å². The van der Waals surface area contributed by atoms with Crippen molar-refractivity contribution >= 4 is 72.7 Å². The van der Waals surface area contributed by atoms with Crippen LogP contribution in [0.1, 0.15) is 75.9 Å². The van der Waals surface area contributed by atoms with Crippen LogP contribution in [-0.4, -0.2) is 37.8 Å². The van der Waals surface area contributed by atoms with Crippen molar-refractivity contribution in [1.29, 1.82) is 0 Å². The second kappa shape index (κ2) is 21.0. The second-order valence-electron chi connectivity index (χ2n) is 21.6. The molecule has 0 unspecified atom stereocenters. The van der Waals surface area contributed by atoms with Crippen LogP contribution in [0.2, 0.25) is 17.3 Å². The minimum atomic E-state index is -2.18. The average molecular weight is 1220 g/mol. The Bertz CT molecular complexity index is 4000. The number of hydrogen-bond acceptors (Lipinski definition) is 6. The summed E-state index contributed by atoms with van der Waals surface area (Å²) < 4.78 is 16.6. The molecule has 0 saturated carbocycles. The molecule has 0 fully saturated rings. The Labute approximate surface area is 456 Å². The summed E-state index contributed by atoms with van der Waals surface area (Å²) in [5, 5.41) is 4.35. The zero-order valence-corrected chi connectivity index (χ0v) is 48.8. The molecular weight excluding hydrogens is 1160 g/mol. The smallest absolute Gasteiger partial charge is 0 e. The monoisotopic (exact) mass is 1220 g/mol. The van der Waals surface area contributed by atoms with Crippen LogP contribution in [0.25, 0.3) is 106 Å². The van der Waals surface area contributed by atoms with E-state index in [4.69, 9.17) is 28.8 Å². The van der Waals surface area contributed by atoms with Crippen molar-refractivity contribution in [2.45, 2.75) is 84.0 Å². The Morgan fingerprint density at radius 3 is 2.04 bits per heavy atom. The van der Waals surface area contributed by atoms with Gasteiger partial charge in [-0.25, -0.2) is 4.98 Å². The maximum atomic E-state index is 6.59. The number of rotatable bonds is 10. The van der Waals surface area contributed by atoms with Gasteiger partial charge in [0.1, 0.15) is 0 Å². The largest absolute Gasteiger partial charge is 0 e. The van der Waals surface area contributed by atoms with E-state index in [1.807, 2.05) is 49.5 Å². The summed E-state index contributed by atoms with van der Waals surface area (Å²) in [6, 6.07) is 57.5. The van der Waals surface area contributed by atoms with Gasteiger partial charge in [-0.15, -0.1) is 18.2 Å². The summed E-state index contributed by atoms with van der Waals surface area (Å²) in [6.45, 7) is 15.5. The van der Waals surface area contributed by atoms with Gasteiger partial charge < -0.3 is 8.98 Å². The molecule has 377 valence electrons. The molecule has 6 aromatic heterocycles. The maximum absolute atomic E-state index is 6.59. The quantitative estimate of drug-likeness (QED) is 0.100. The van der Waals surface area contributed by atoms with Crippen LogP contribution in [0, 0.1) is 25.0 Å². The first kappa shape index (κ1) is 51.5. The van der Waals surface area contributed by atoms with Crippen LogP contribution in [0.4, 0.5) is 0 Å². The number of imidazole rings is 1. The third kappa shape index (κ3) is 9.92. The zero-order valence-electron chi connectivity index (χ0n) is 44.3. The molecular formula is C66H61GeIrN5O2-2. The summed E-state index contributed by atoms with van der Waals surface area (Å²) in [4.78, 5) is 19.8. The molecule has 12 rings (SSSR count). The Morgan fingerprint density at radius 1 is 0.600 bits per heavy atom. The number of fused-ring (bicyclic) bond motifs is 7. The summed E-state index contributed by atoms with van der Waals surface area (Å²) in [7, 11) is 0. The molecule has 7 nitrogen and oxygen atoms in total. The minimum Gasteiger partial charge on any atom is 0 e. The average Bonchev–Trinajstić information content (AvgIpc) is 4.09. The van der Waals surface area contributed by atoms with Gasteiger partial charge in [-0.05, 0) is 83.7 Å². The fraction of sp³-hybridized carbons (Fsp3) is 0.212. The topological polar surface area (TPSA) is 82.8 Å². The van der Waals surface area contributed by atoms with Gasteiger partial charge in [-0.1, -0.05) is 82.8 Å². The standard InChI is InChI=1S/C40H39N4O.C26H22GeNO.Ir/c1-23(2)18-29-16-17-31-30-14-11-15-32(38(30)45-40(31)42-29)39-43-35-19-26(7)41-22-36(35)44(39)37-33(24(3)4)20-28(21-34(37)25(5)6)27-12-9-8-10-13-27;1-27(2,3)23-17-28-24(18-10-5-4-6-11-18)16-22(23)21-14-9-13-20-19-12-7-8-15-25(19)29-26(20)21;/h8-14,16-17,19-25H,18H2,1-7H3;4-10,12-17H,1-3H3;/q2*-1;. The van der Waals surface area contributed by atoms with E-state index in [1.54, 1.807) is 0 Å². The Kier molecular flexibility index (Phi) is 14.4. The zero-order chi connectivity index (χ0) is 51.4. The van der Waals surface area contributed by atoms with E-state index < -0.39 is 13.3 Å². The molecule has 9 heteroatoms. The maximum Gasteiger partial charge on any atom is 0 e. The van der Waals surface area contributed by atoms with Crippen molar-refractivity contribution < 1.29 is 28.9 Å². The molecule has 0 aliphatic rings. The molecule has 75 heavy (non-hydrogen) atoms. The molecule has 0 N–H and O–H groups in total. The van der Waals surface area contributed by atoms with Gasteiger partial charge in [0.2, 0.25) is 5.71 Å². The van der Waals surface area contributed by atoms with E-state index in [-0.39, 0.29) is 31.9 Å². The first-order valence-electron chi connectivity index (χ1n) is 25.9. The van der Waals surface area contributed by atoms with Gasteiger partial charge in [-0.2, -0.15) is 0 Å².